The van der Waals surface area contributed by atoms with Crippen LogP contribution in [0.25, 0.3) is 0 Å². The molecule has 1 aliphatic carbocycles. The van der Waals surface area contributed by atoms with Gasteiger partial charge in [-0.15, -0.1) is 23.5 Å². The van der Waals surface area contributed by atoms with Crippen molar-refractivity contribution in [1.29, 1.82) is 0 Å². The third-order valence-corrected chi connectivity index (χ3v) is 8.19. The predicted octanol–water partition coefficient (Wildman–Crippen LogP) is 4.72. The molecule has 1 heterocycles. The number of rotatable bonds is 3. The molecule has 1 amide bonds. The molecule has 2 aliphatic rings. The largest absolute Gasteiger partial charge is 0.349 e. The minimum absolute atomic E-state index is 0.0872. The normalized spacial score (nSPS) is 29.5. The second-order valence-electron chi connectivity index (χ2n) is 6.54. The van der Waals surface area contributed by atoms with Gasteiger partial charge in [-0.05, 0) is 36.0 Å². The number of nitrogens with one attached hydrogen (secondary N) is 1. The van der Waals surface area contributed by atoms with Crippen molar-refractivity contribution in [2.45, 2.75) is 43.7 Å². The minimum atomic E-state index is 0.0872. The molecule has 0 radical (unpaired) electrons. The summed E-state index contributed by atoms with van der Waals surface area (Å²) in [6, 6.07) is 8.55. The number of amides is 1. The molecule has 0 aromatic heterocycles. The molecule has 22 heavy (non-hydrogen) atoms. The van der Waals surface area contributed by atoms with E-state index in [0.717, 1.165) is 12.0 Å². The lowest BCUT2D eigenvalue weighted by Crippen LogP contribution is -2.43. The summed E-state index contributed by atoms with van der Waals surface area (Å²) in [5.41, 5.74) is 2.13. The zero-order valence-electron chi connectivity index (χ0n) is 13.4. The van der Waals surface area contributed by atoms with Gasteiger partial charge in [-0.2, -0.15) is 0 Å². The van der Waals surface area contributed by atoms with Gasteiger partial charge in [0.1, 0.15) is 0 Å². The molecule has 1 saturated carbocycles. The minimum Gasteiger partial charge on any atom is -0.349 e. The molecule has 120 valence electrons. The van der Waals surface area contributed by atoms with Crippen LogP contribution in [-0.2, 0) is 0 Å². The number of benzene rings is 1. The van der Waals surface area contributed by atoms with Crippen LogP contribution >= 0.6 is 23.5 Å². The summed E-state index contributed by atoms with van der Waals surface area (Å²) in [6.45, 7) is 4.57. The van der Waals surface area contributed by atoms with Crippen molar-refractivity contribution < 1.29 is 4.79 Å². The van der Waals surface area contributed by atoms with Gasteiger partial charge in [0.15, 0.2) is 0 Å². The first-order valence-electron chi connectivity index (χ1n) is 8.29. The van der Waals surface area contributed by atoms with Gasteiger partial charge in [0.05, 0.1) is 4.58 Å². The lowest BCUT2D eigenvalue weighted by molar-refractivity contribution is 0.0891. The van der Waals surface area contributed by atoms with Crippen molar-refractivity contribution >= 4 is 29.4 Å². The molecule has 3 rings (SSSR count). The van der Waals surface area contributed by atoms with Gasteiger partial charge >= 0.3 is 0 Å². The first-order chi connectivity index (χ1) is 10.6. The molecule has 2 nitrogen and oxygen atoms in total. The van der Waals surface area contributed by atoms with Crippen LogP contribution in [-0.4, -0.2) is 23.5 Å². The molecule has 4 heteroatoms. The fourth-order valence-corrected chi connectivity index (χ4v) is 6.24. The molecule has 1 aromatic carbocycles. The molecular weight excluding hydrogens is 310 g/mol. The number of thioether (sulfide) groups is 2. The average molecular weight is 336 g/mol. The summed E-state index contributed by atoms with van der Waals surface area (Å²) in [7, 11) is 0. The van der Waals surface area contributed by atoms with E-state index in [1.165, 1.54) is 29.9 Å². The molecule has 0 bridgehead atoms. The highest BCUT2D eigenvalue weighted by Gasteiger charge is 2.28. The van der Waals surface area contributed by atoms with Crippen molar-refractivity contribution in [3.05, 3.63) is 35.4 Å². The Labute approximate surface area is 142 Å². The van der Waals surface area contributed by atoms with Crippen molar-refractivity contribution in [1.82, 2.24) is 5.32 Å². The van der Waals surface area contributed by atoms with Gasteiger partial charge < -0.3 is 5.32 Å². The number of carbonyl (C=O) groups excluding carboxylic acids is 1. The zero-order chi connectivity index (χ0) is 15.5. The molecule has 1 aromatic rings. The monoisotopic (exact) mass is 335 g/mol. The van der Waals surface area contributed by atoms with Crippen LogP contribution in [0.15, 0.2) is 24.3 Å². The van der Waals surface area contributed by atoms with Crippen LogP contribution in [0.2, 0.25) is 0 Å². The third-order valence-electron chi connectivity index (χ3n) is 5.09. The Hall–Kier alpha value is -0.610. The summed E-state index contributed by atoms with van der Waals surface area (Å²) < 4.78 is 0.552. The Bertz CT molecular complexity index is 510. The van der Waals surface area contributed by atoms with Crippen molar-refractivity contribution in [2.75, 3.05) is 11.5 Å². The van der Waals surface area contributed by atoms with Crippen LogP contribution in [0.5, 0.6) is 0 Å². The molecule has 1 aliphatic heterocycles. The second kappa shape index (κ2) is 7.31. The maximum Gasteiger partial charge on any atom is 0.251 e. The molecule has 3 atom stereocenters. The lowest BCUT2D eigenvalue weighted by atomic mass is 9.78. The quantitative estimate of drug-likeness (QED) is 0.866. The summed E-state index contributed by atoms with van der Waals surface area (Å²) in [4.78, 5) is 12.5. The Morgan fingerprint density at radius 1 is 1.09 bits per heavy atom. The molecular formula is C18H25NOS2. The Morgan fingerprint density at radius 3 is 2.45 bits per heavy atom. The SMILES string of the molecule is C[C@@H]1[C@H](C)CCC[C@H]1NC(=O)c1ccc(C2SCCS2)cc1. The van der Waals surface area contributed by atoms with Gasteiger partial charge in [0, 0.05) is 23.1 Å². The van der Waals surface area contributed by atoms with Crippen molar-refractivity contribution in [3.8, 4) is 0 Å². The highest BCUT2D eigenvalue weighted by atomic mass is 32.2. The van der Waals surface area contributed by atoms with Crippen LogP contribution in [0.3, 0.4) is 0 Å². The Kier molecular flexibility index (Phi) is 5.40. The third kappa shape index (κ3) is 3.65. The summed E-state index contributed by atoms with van der Waals surface area (Å²) >= 11 is 4.00. The van der Waals surface area contributed by atoms with Crippen LogP contribution in [0.1, 0.15) is 53.6 Å². The molecule has 2 fully saturated rings. The van der Waals surface area contributed by atoms with E-state index in [9.17, 15) is 4.79 Å². The maximum atomic E-state index is 12.5. The number of hydrogen-bond acceptors (Lipinski definition) is 3. The maximum absolute atomic E-state index is 12.5. The first kappa shape index (κ1) is 16.3. The van der Waals surface area contributed by atoms with Gasteiger partial charge in [-0.3, -0.25) is 4.79 Å². The zero-order valence-corrected chi connectivity index (χ0v) is 15.0. The molecule has 0 spiro atoms. The number of hydrogen-bond donors (Lipinski definition) is 1. The van der Waals surface area contributed by atoms with E-state index in [1.807, 2.05) is 35.7 Å². The molecule has 1 saturated heterocycles. The van der Waals surface area contributed by atoms with E-state index in [2.05, 4.69) is 31.3 Å². The van der Waals surface area contributed by atoms with Crippen LogP contribution < -0.4 is 5.32 Å². The van der Waals surface area contributed by atoms with Gasteiger partial charge in [-0.1, -0.05) is 38.8 Å². The van der Waals surface area contributed by atoms with E-state index in [0.29, 0.717) is 22.5 Å². The topological polar surface area (TPSA) is 29.1 Å². The van der Waals surface area contributed by atoms with E-state index in [-0.39, 0.29) is 5.91 Å². The van der Waals surface area contributed by atoms with E-state index in [1.54, 1.807) is 0 Å². The molecule has 0 unspecified atom stereocenters. The lowest BCUT2D eigenvalue weighted by Gasteiger charge is -2.34. The van der Waals surface area contributed by atoms with E-state index >= 15 is 0 Å². The fourth-order valence-electron chi connectivity index (χ4n) is 3.38. The van der Waals surface area contributed by atoms with Crippen LogP contribution in [0.4, 0.5) is 0 Å². The van der Waals surface area contributed by atoms with Gasteiger partial charge in [0.25, 0.3) is 5.91 Å². The van der Waals surface area contributed by atoms with Crippen molar-refractivity contribution in [2.24, 2.45) is 11.8 Å². The average Bonchev–Trinajstić information content (AvgIpc) is 3.06. The van der Waals surface area contributed by atoms with Gasteiger partial charge in [-0.25, -0.2) is 0 Å². The standard InChI is InChI=1S/C18H25NOS2/c1-12-4-3-5-16(13(12)2)19-17(20)14-6-8-15(9-7-14)18-21-10-11-22-18/h6-9,12-13,16,18H,3-5,10-11H2,1-2H3,(H,19,20)/t12-,13-,16-/m1/s1. The number of carbonyl (C=O) groups is 1. The summed E-state index contributed by atoms with van der Waals surface area (Å²) in [6.07, 6.45) is 3.63. The highest BCUT2D eigenvalue weighted by molar-refractivity contribution is 8.19. The second-order valence-corrected chi connectivity index (χ2v) is 9.27. The summed E-state index contributed by atoms with van der Waals surface area (Å²) in [5, 5.41) is 3.25. The Morgan fingerprint density at radius 2 is 1.77 bits per heavy atom. The van der Waals surface area contributed by atoms with Gasteiger partial charge in [0.2, 0.25) is 0 Å². The first-order valence-corrected chi connectivity index (χ1v) is 10.4. The highest BCUT2D eigenvalue weighted by Crippen LogP contribution is 2.45. The fraction of sp³-hybridized carbons (Fsp3) is 0.611. The molecule has 1 N–H and O–H groups in total. The van der Waals surface area contributed by atoms with E-state index in [4.69, 9.17) is 0 Å². The van der Waals surface area contributed by atoms with E-state index < -0.39 is 0 Å². The smallest absolute Gasteiger partial charge is 0.251 e. The summed E-state index contributed by atoms with van der Waals surface area (Å²) in [5.74, 6) is 3.83. The van der Waals surface area contributed by atoms with Crippen molar-refractivity contribution in [3.63, 3.8) is 0 Å². The predicted molar refractivity (Wildman–Crippen MR) is 97.5 cm³/mol. The van der Waals surface area contributed by atoms with Crippen LogP contribution in [0, 0.1) is 11.8 Å². The Balaban J connectivity index is 1.62.